The second kappa shape index (κ2) is 6.75. The number of hydrogen-bond donors (Lipinski definition) is 1. The summed E-state index contributed by atoms with van der Waals surface area (Å²) in [6, 6.07) is 9.90. The van der Waals surface area contributed by atoms with Gasteiger partial charge in [-0.1, -0.05) is 12.1 Å². The normalized spacial score (nSPS) is 10.6. The van der Waals surface area contributed by atoms with Gasteiger partial charge in [0.1, 0.15) is 6.07 Å². The van der Waals surface area contributed by atoms with E-state index in [4.69, 9.17) is 10.5 Å². The summed E-state index contributed by atoms with van der Waals surface area (Å²) in [7, 11) is -3.65. The molecule has 0 aliphatic rings. The average molecular weight is 263 g/mol. The Morgan fingerprint density at radius 3 is 2.56 bits per heavy atom. The number of benzene rings is 1. The van der Waals surface area contributed by atoms with Crippen molar-refractivity contribution in [1.29, 1.82) is 10.5 Å². The van der Waals surface area contributed by atoms with Gasteiger partial charge in [-0.2, -0.15) is 10.5 Å². The first kappa shape index (κ1) is 14.2. The van der Waals surface area contributed by atoms with Crippen molar-refractivity contribution in [1.82, 2.24) is 4.72 Å². The molecule has 94 valence electrons. The van der Waals surface area contributed by atoms with E-state index >= 15 is 0 Å². The molecule has 0 saturated carbocycles. The summed E-state index contributed by atoms with van der Waals surface area (Å²) in [6.07, 6.45) is 1.66. The van der Waals surface area contributed by atoms with E-state index in [0.717, 1.165) is 0 Å². The van der Waals surface area contributed by atoms with Gasteiger partial charge in [-0.3, -0.25) is 0 Å². The van der Waals surface area contributed by atoms with Crippen LogP contribution in [0.2, 0.25) is 0 Å². The second-order valence-electron chi connectivity index (χ2n) is 3.62. The van der Waals surface area contributed by atoms with Crippen molar-refractivity contribution < 1.29 is 8.42 Å². The lowest BCUT2D eigenvalue weighted by atomic mass is 10.2. The zero-order valence-corrected chi connectivity index (χ0v) is 10.6. The van der Waals surface area contributed by atoms with Crippen molar-refractivity contribution in [3.63, 3.8) is 0 Å². The number of unbranched alkanes of at least 4 members (excludes halogenated alkanes) is 2. The van der Waals surface area contributed by atoms with E-state index in [1.165, 1.54) is 12.1 Å². The van der Waals surface area contributed by atoms with Crippen molar-refractivity contribution in [3.05, 3.63) is 29.8 Å². The molecular formula is C12H13N3O2S. The smallest absolute Gasteiger partial charge is 0.211 e. The Balaban J connectivity index is 2.70. The fraction of sp³-hybridized carbons (Fsp3) is 0.333. The molecule has 1 aromatic carbocycles. The summed E-state index contributed by atoms with van der Waals surface area (Å²) < 4.78 is 26.3. The zero-order chi connectivity index (χ0) is 13.4. The molecule has 18 heavy (non-hydrogen) atoms. The van der Waals surface area contributed by atoms with Crippen molar-refractivity contribution in [2.75, 3.05) is 6.54 Å². The number of nitrogens with zero attached hydrogens (tertiary/aromatic N) is 2. The molecule has 1 rings (SSSR count). The first-order valence-electron chi connectivity index (χ1n) is 5.47. The van der Waals surface area contributed by atoms with Crippen molar-refractivity contribution in [2.45, 2.75) is 24.2 Å². The van der Waals surface area contributed by atoms with Gasteiger partial charge >= 0.3 is 0 Å². The maximum absolute atomic E-state index is 11.9. The molecule has 0 fully saturated rings. The second-order valence-corrected chi connectivity index (χ2v) is 5.36. The SMILES string of the molecule is N#CCCCCNS(=O)(=O)c1ccccc1C#N. The van der Waals surface area contributed by atoms with E-state index in [-0.39, 0.29) is 17.0 Å². The lowest BCUT2D eigenvalue weighted by Gasteiger charge is -2.07. The molecule has 1 N–H and O–H groups in total. The van der Waals surface area contributed by atoms with E-state index < -0.39 is 10.0 Å². The maximum Gasteiger partial charge on any atom is 0.241 e. The van der Waals surface area contributed by atoms with Crippen molar-refractivity contribution in [2.24, 2.45) is 0 Å². The molecule has 0 aliphatic heterocycles. The van der Waals surface area contributed by atoms with Gasteiger partial charge in [0, 0.05) is 13.0 Å². The third-order valence-corrected chi connectivity index (χ3v) is 3.82. The van der Waals surface area contributed by atoms with Gasteiger partial charge < -0.3 is 0 Å². The molecule has 0 spiro atoms. The number of sulfonamides is 1. The Labute approximate surface area is 107 Å². The minimum absolute atomic E-state index is 0.00668. The highest BCUT2D eigenvalue weighted by Crippen LogP contribution is 2.13. The molecular weight excluding hydrogens is 250 g/mol. The quantitative estimate of drug-likeness (QED) is 0.787. The van der Waals surface area contributed by atoms with Crippen LogP contribution in [0.3, 0.4) is 0 Å². The van der Waals surface area contributed by atoms with Crippen molar-refractivity contribution in [3.8, 4) is 12.1 Å². The molecule has 0 unspecified atom stereocenters. The third kappa shape index (κ3) is 3.85. The van der Waals surface area contributed by atoms with Crippen LogP contribution in [0.1, 0.15) is 24.8 Å². The fourth-order valence-corrected chi connectivity index (χ4v) is 2.64. The largest absolute Gasteiger partial charge is 0.241 e. The Kier molecular flexibility index (Phi) is 5.31. The molecule has 0 amide bonds. The minimum Gasteiger partial charge on any atom is -0.211 e. The minimum atomic E-state index is -3.65. The zero-order valence-electron chi connectivity index (χ0n) is 9.76. The van der Waals surface area contributed by atoms with E-state index in [0.29, 0.717) is 19.3 Å². The lowest BCUT2D eigenvalue weighted by molar-refractivity contribution is 0.577. The third-order valence-electron chi connectivity index (χ3n) is 2.30. The Hall–Kier alpha value is -1.89. The van der Waals surface area contributed by atoms with E-state index in [1.807, 2.05) is 12.1 Å². The van der Waals surface area contributed by atoms with Crippen LogP contribution < -0.4 is 4.72 Å². The van der Waals surface area contributed by atoms with Gasteiger partial charge in [-0.25, -0.2) is 13.1 Å². The molecule has 0 bridgehead atoms. The van der Waals surface area contributed by atoms with Crippen LogP contribution in [0.4, 0.5) is 0 Å². The summed E-state index contributed by atoms with van der Waals surface area (Å²) in [5.74, 6) is 0. The predicted molar refractivity (Wildman–Crippen MR) is 65.8 cm³/mol. The summed E-state index contributed by atoms with van der Waals surface area (Å²) in [5, 5.41) is 17.2. The maximum atomic E-state index is 11.9. The number of hydrogen-bond acceptors (Lipinski definition) is 4. The molecule has 0 aliphatic carbocycles. The molecule has 0 saturated heterocycles. The highest BCUT2D eigenvalue weighted by Gasteiger charge is 2.16. The Morgan fingerprint density at radius 2 is 1.89 bits per heavy atom. The van der Waals surface area contributed by atoms with Gasteiger partial charge in [0.25, 0.3) is 0 Å². The van der Waals surface area contributed by atoms with Crippen LogP contribution in [-0.2, 0) is 10.0 Å². The van der Waals surface area contributed by atoms with Gasteiger partial charge in [0.15, 0.2) is 0 Å². The molecule has 6 heteroatoms. The molecule has 0 atom stereocenters. The molecule has 5 nitrogen and oxygen atoms in total. The van der Waals surface area contributed by atoms with Gasteiger partial charge in [-0.05, 0) is 25.0 Å². The summed E-state index contributed by atoms with van der Waals surface area (Å²) in [5.41, 5.74) is 0.127. The highest BCUT2D eigenvalue weighted by atomic mass is 32.2. The van der Waals surface area contributed by atoms with Crippen LogP contribution in [0.5, 0.6) is 0 Å². The lowest BCUT2D eigenvalue weighted by Crippen LogP contribution is -2.25. The Morgan fingerprint density at radius 1 is 1.17 bits per heavy atom. The fourth-order valence-electron chi connectivity index (χ4n) is 1.41. The predicted octanol–water partition coefficient (Wildman–Crippen LogP) is 1.53. The van der Waals surface area contributed by atoms with E-state index in [9.17, 15) is 8.42 Å². The van der Waals surface area contributed by atoms with Crippen LogP contribution in [0, 0.1) is 22.7 Å². The standard InChI is InChI=1S/C12H13N3O2S/c13-8-4-1-5-9-15-18(16,17)12-7-3-2-6-11(12)10-14/h2-3,6-7,15H,1,4-5,9H2. The molecule has 0 radical (unpaired) electrons. The Bertz CT molecular complexity index is 582. The van der Waals surface area contributed by atoms with E-state index in [2.05, 4.69) is 4.72 Å². The van der Waals surface area contributed by atoms with Crippen LogP contribution in [0.25, 0.3) is 0 Å². The number of rotatable bonds is 6. The van der Waals surface area contributed by atoms with Crippen LogP contribution in [0.15, 0.2) is 29.2 Å². The highest BCUT2D eigenvalue weighted by molar-refractivity contribution is 7.89. The first-order chi connectivity index (χ1) is 8.61. The number of nitriles is 2. The molecule has 1 aromatic rings. The molecule has 0 aromatic heterocycles. The summed E-state index contributed by atoms with van der Waals surface area (Å²) in [6.45, 7) is 0.268. The van der Waals surface area contributed by atoms with Gasteiger partial charge in [0.2, 0.25) is 10.0 Å². The summed E-state index contributed by atoms with van der Waals surface area (Å²) >= 11 is 0. The van der Waals surface area contributed by atoms with Crippen LogP contribution >= 0.6 is 0 Å². The van der Waals surface area contributed by atoms with Gasteiger partial charge in [0.05, 0.1) is 16.5 Å². The monoisotopic (exact) mass is 263 g/mol. The van der Waals surface area contributed by atoms with Crippen LogP contribution in [-0.4, -0.2) is 15.0 Å². The van der Waals surface area contributed by atoms with Crippen molar-refractivity contribution >= 4 is 10.0 Å². The topological polar surface area (TPSA) is 93.8 Å². The first-order valence-corrected chi connectivity index (χ1v) is 6.96. The van der Waals surface area contributed by atoms with E-state index in [1.54, 1.807) is 12.1 Å². The average Bonchev–Trinajstić information content (AvgIpc) is 2.38. The molecule has 0 heterocycles. The number of nitrogens with one attached hydrogen (secondary N) is 1. The van der Waals surface area contributed by atoms with Gasteiger partial charge in [-0.15, -0.1) is 0 Å². The summed E-state index contributed by atoms with van der Waals surface area (Å²) in [4.78, 5) is -0.00668.